The molecule has 0 spiro atoms. The Bertz CT molecular complexity index is 2190. The van der Waals surface area contributed by atoms with Gasteiger partial charge in [-0.3, -0.25) is 13.9 Å². The molecule has 3 amide bonds. The van der Waals surface area contributed by atoms with Gasteiger partial charge in [-0.2, -0.15) is 5.26 Å². The van der Waals surface area contributed by atoms with Crippen molar-refractivity contribution >= 4 is 34.2 Å². The molecule has 4 aromatic rings. The van der Waals surface area contributed by atoms with Gasteiger partial charge in [-0.05, 0) is 67.1 Å². The number of azo groups is 2. The number of anilines is 1. The molecule has 2 unspecified atom stereocenters. The van der Waals surface area contributed by atoms with Gasteiger partial charge in [0.05, 0.1) is 35.7 Å². The van der Waals surface area contributed by atoms with Crippen molar-refractivity contribution in [1.29, 1.82) is 5.26 Å². The molecule has 256 valence electrons. The predicted molar refractivity (Wildman–Crippen MR) is 180 cm³/mol. The number of hydrogen-bond acceptors (Lipinski definition) is 8. The highest BCUT2D eigenvalue weighted by atomic mass is 19.1. The number of piperazine rings is 1. The van der Waals surface area contributed by atoms with Crippen LogP contribution in [0.3, 0.4) is 0 Å². The summed E-state index contributed by atoms with van der Waals surface area (Å²) in [6.07, 6.45) is 1.04. The van der Waals surface area contributed by atoms with Gasteiger partial charge >= 0.3 is 17.6 Å². The van der Waals surface area contributed by atoms with E-state index in [1.54, 1.807) is 33.7 Å². The van der Waals surface area contributed by atoms with Crippen molar-refractivity contribution < 1.29 is 23.4 Å². The first-order valence-electron chi connectivity index (χ1n) is 16.6. The van der Waals surface area contributed by atoms with Crippen LogP contribution in [-0.2, 0) is 22.7 Å². The zero-order valence-corrected chi connectivity index (χ0v) is 27.7. The number of carbonyl (C=O) groups is 2. The molecular weight excluding hydrogens is 643 g/mol. The highest BCUT2D eigenvalue weighted by Crippen LogP contribution is 2.31. The van der Waals surface area contributed by atoms with Crippen LogP contribution in [0.1, 0.15) is 43.9 Å². The van der Waals surface area contributed by atoms with Crippen molar-refractivity contribution in [2.75, 3.05) is 25.0 Å². The molecule has 0 radical (unpaired) electrons. The molecular formula is C36H36FN8O5+. The van der Waals surface area contributed by atoms with Gasteiger partial charge in [0.1, 0.15) is 11.9 Å². The van der Waals surface area contributed by atoms with E-state index in [2.05, 4.69) is 10.4 Å². The zero-order valence-electron chi connectivity index (χ0n) is 27.7. The molecule has 2 aliphatic heterocycles. The summed E-state index contributed by atoms with van der Waals surface area (Å²) >= 11 is 0. The highest BCUT2D eigenvalue weighted by molar-refractivity contribution is 5.93. The normalized spacial score (nSPS) is 19.3. The fourth-order valence-corrected chi connectivity index (χ4v) is 6.51. The van der Waals surface area contributed by atoms with Gasteiger partial charge in [-0.1, -0.05) is 30.3 Å². The highest BCUT2D eigenvalue weighted by Gasteiger charge is 2.50. The van der Waals surface area contributed by atoms with Crippen molar-refractivity contribution in [3.63, 3.8) is 0 Å². The van der Waals surface area contributed by atoms with Crippen LogP contribution in [0.5, 0.6) is 0 Å². The summed E-state index contributed by atoms with van der Waals surface area (Å²) in [5, 5.41) is 16.9. The van der Waals surface area contributed by atoms with Crippen LogP contribution in [0.15, 0.2) is 81.4 Å². The van der Waals surface area contributed by atoms with Crippen molar-refractivity contribution in [2.24, 2.45) is 11.0 Å². The van der Waals surface area contributed by atoms with Crippen molar-refractivity contribution in [1.82, 2.24) is 18.9 Å². The number of rotatable bonds is 8. The van der Waals surface area contributed by atoms with E-state index < -0.39 is 35.7 Å². The van der Waals surface area contributed by atoms with Crippen LogP contribution in [0.4, 0.5) is 20.6 Å². The Morgan fingerprint density at radius 1 is 1.08 bits per heavy atom. The van der Waals surface area contributed by atoms with Gasteiger partial charge in [0.2, 0.25) is 5.69 Å². The number of fused-ring (bicyclic) bond motifs is 2. The lowest BCUT2D eigenvalue weighted by Gasteiger charge is -2.41. The zero-order chi connectivity index (χ0) is 35.1. The molecule has 14 heteroatoms. The molecule has 50 heavy (non-hydrogen) atoms. The minimum Gasteiger partial charge on any atom is -0.334 e. The number of amides is 3. The monoisotopic (exact) mass is 679 g/mol. The maximum absolute atomic E-state index is 14.6. The maximum Gasteiger partial charge on any atom is 0.436 e. The third kappa shape index (κ3) is 6.33. The lowest BCUT2D eigenvalue weighted by molar-refractivity contribution is -0.469. The summed E-state index contributed by atoms with van der Waals surface area (Å²) in [6, 6.07) is 18.4. The topological polar surface area (TPSA) is 145 Å². The molecule has 2 fully saturated rings. The third-order valence-electron chi connectivity index (χ3n) is 9.33. The Balaban J connectivity index is 1.15. The lowest BCUT2D eigenvalue weighted by atomic mass is 10.1. The molecule has 1 aromatic heterocycles. The molecule has 2 atom stereocenters. The van der Waals surface area contributed by atoms with E-state index in [1.165, 1.54) is 21.6 Å². The minimum absolute atomic E-state index is 0.0185. The predicted octanol–water partition coefficient (Wildman–Crippen LogP) is 4.52. The Morgan fingerprint density at radius 3 is 2.56 bits per heavy atom. The summed E-state index contributed by atoms with van der Waals surface area (Å²) in [5.74, 6) is -0.966. The summed E-state index contributed by atoms with van der Waals surface area (Å²) in [4.78, 5) is 57.7. The van der Waals surface area contributed by atoms with E-state index in [-0.39, 0.29) is 49.2 Å². The van der Waals surface area contributed by atoms with Gasteiger partial charge in [-0.15, -0.1) is 0 Å². The van der Waals surface area contributed by atoms with E-state index >= 15 is 0 Å². The number of hydrogen-bond donors (Lipinski definition) is 1. The summed E-state index contributed by atoms with van der Waals surface area (Å²) in [5.41, 5.74) is 0.987. The van der Waals surface area contributed by atoms with E-state index in [1.807, 2.05) is 44.2 Å². The average Bonchev–Trinajstić information content (AvgIpc) is 3.94. The third-order valence-corrected chi connectivity index (χ3v) is 9.33. The molecule has 1 aliphatic carbocycles. The first kappa shape index (κ1) is 33.0. The first-order chi connectivity index (χ1) is 24.1. The number of urea groups is 1. The SMILES string of the molecule is CC(C)n1c(=O)n(CC2CC2)c(=O)c2cc(NC(=O)N3CCN4C(OCc5ccccc5)N=[N+](c5ccc(C#N)c(F)c5)C(=O)C4C3)ccc21. The smallest absolute Gasteiger partial charge is 0.334 e. The number of carbonyl (C=O) groups excluding carboxylic acids is 2. The van der Waals surface area contributed by atoms with Gasteiger partial charge in [0.25, 0.3) is 11.9 Å². The second-order valence-electron chi connectivity index (χ2n) is 13.1. The van der Waals surface area contributed by atoms with Crippen LogP contribution in [-0.4, -0.2) is 67.6 Å². The van der Waals surface area contributed by atoms with E-state index in [0.29, 0.717) is 29.1 Å². The van der Waals surface area contributed by atoms with Gasteiger partial charge in [-0.25, -0.2) is 23.7 Å². The Labute approximate surface area is 286 Å². The van der Waals surface area contributed by atoms with Gasteiger partial charge < -0.3 is 15.0 Å². The van der Waals surface area contributed by atoms with Crippen molar-refractivity contribution in [2.45, 2.75) is 58.3 Å². The number of nitrogens with one attached hydrogen (secondary N) is 1. The van der Waals surface area contributed by atoms with Crippen LogP contribution in [0.2, 0.25) is 0 Å². The summed E-state index contributed by atoms with van der Waals surface area (Å²) in [7, 11) is 0. The van der Waals surface area contributed by atoms with Crippen molar-refractivity contribution in [3.8, 4) is 6.07 Å². The summed E-state index contributed by atoms with van der Waals surface area (Å²) in [6.45, 7) is 4.82. The number of aromatic nitrogens is 2. The first-order valence-corrected chi connectivity index (χ1v) is 16.6. The van der Waals surface area contributed by atoms with Crippen LogP contribution < -0.4 is 16.6 Å². The second kappa shape index (κ2) is 13.4. The fourth-order valence-electron chi connectivity index (χ4n) is 6.51. The molecule has 1 saturated carbocycles. The number of benzene rings is 3. The van der Waals surface area contributed by atoms with Crippen LogP contribution in [0, 0.1) is 23.1 Å². The van der Waals surface area contributed by atoms with Crippen molar-refractivity contribution in [3.05, 3.63) is 105 Å². The largest absolute Gasteiger partial charge is 0.436 e. The van der Waals surface area contributed by atoms with E-state index in [0.717, 1.165) is 29.2 Å². The molecule has 1 saturated heterocycles. The van der Waals surface area contributed by atoms with Crippen LogP contribution >= 0.6 is 0 Å². The number of nitriles is 1. The molecule has 13 nitrogen and oxygen atoms in total. The van der Waals surface area contributed by atoms with Crippen LogP contribution in [0.25, 0.3) is 10.9 Å². The second-order valence-corrected chi connectivity index (χ2v) is 13.1. The number of ether oxygens (including phenoxy) is 1. The number of halogens is 1. The lowest BCUT2D eigenvalue weighted by Crippen LogP contribution is -2.64. The molecule has 0 bridgehead atoms. The standard InChI is InChI=1S/C36H35FN8O5/c1-22(2)44-30-13-11-26(16-28(30)32(46)43(36(44)49)19-23-8-9-23)39-34(48)41-14-15-42-31(20-41)33(47)45(27-12-10-25(18-38)29(37)17-27)40-35(42)50-21-24-6-4-3-5-7-24/h3-7,10-13,16-17,22-23,31,35H,8-9,14-15,19-21H2,1-2H3/p+1. The van der Waals surface area contributed by atoms with E-state index in [4.69, 9.17) is 4.74 Å². The minimum atomic E-state index is -0.918. The van der Waals surface area contributed by atoms with Gasteiger partial charge in [0, 0.05) is 42.5 Å². The van der Waals surface area contributed by atoms with E-state index in [9.17, 15) is 28.8 Å². The Morgan fingerprint density at radius 2 is 1.86 bits per heavy atom. The average molecular weight is 680 g/mol. The molecule has 1 N–H and O–H groups in total. The quantitative estimate of drug-likeness (QED) is 0.270. The fraction of sp³-hybridized carbons (Fsp3) is 0.361. The number of nitrogens with zero attached hydrogens (tertiary/aromatic N) is 7. The summed E-state index contributed by atoms with van der Waals surface area (Å²) < 4.78 is 24.8. The maximum atomic E-state index is 14.6. The Kier molecular flexibility index (Phi) is 8.85. The molecule has 3 aromatic carbocycles. The molecule has 3 aliphatic rings. The molecule has 7 rings (SSSR count). The Hall–Kier alpha value is -5.52. The molecule has 3 heterocycles. The van der Waals surface area contributed by atoms with Gasteiger partial charge in [0.15, 0.2) is 6.04 Å².